The van der Waals surface area contributed by atoms with E-state index in [-0.39, 0.29) is 11.1 Å². The van der Waals surface area contributed by atoms with Crippen LogP contribution >= 0.6 is 0 Å². The van der Waals surface area contributed by atoms with E-state index in [4.69, 9.17) is 10.2 Å². The Labute approximate surface area is 132 Å². The first-order valence-electron chi connectivity index (χ1n) is 6.73. The van der Waals surface area contributed by atoms with Crippen LogP contribution in [0.2, 0.25) is 0 Å². The number of phenols is 1. The molecule has 3 aromatic carbocycles. The lowest BCUT2D eigenvalue weighted by molar-refractivity contribution is 0.0651. The molecule has 3 N–H and O–H groups in total. The number of carboxylic acids is 2. The summed E-state index contributed by atoms with van der Waals surface area (Å²) in [5.74, 6) is -2.11. The Bertz CT molecular complexity index is 816. The average Bonchev–Trinajstić information content (AvgIpc) is 2.56. The third-order valence-electron chi connectivity index (χ3n) is 3.15. The molecule has 0 amide bonds. The molecule has 0 unspecified atom stereocenters. The van der Waals surface area contributed by atoms with E-state index in [1.165, 1.54) is 24.3 Å². The van der Waals surface area contributed by atoms with Gasteiger partial charge in [-0.05, 0) is 23.6 Å². The Kier molecular flexibility index (Phi) is 4.94. The maximum atomic E-state index is 10.5. The van der Waals surface area contributed by atoms with Gasteiger partial charge in [-0.2, -0.15) is 0 Å². The Morgan fingerprint density at radius 1 is 0.652 bits per heavy atom. The fraction of sp³-hybridized carbons (Fsp3) is 0. The second-order valence-electron chi connectivity index (χ2n) is 4.65. The zero-order valence-corrected chi connectivity index (χ0v) is 12.0. The van der Waals surface area contributed by atoms with Gasteiger partial charge in [0.15, 0.2) is 0 Å². The number of phenolic OH excluding ortho intramolecular Hbond substituents is 1. The van der Waals surface area contributed by atoms with Crippen molar-refractivity contribution in [3.05, 3.63) is 77.9 Å². The van der Waals surface area contributed by atoms with E-state index in [1.54, 1.807) is 6.07 Å². The molecule has 5 heteroatoms. The fourth-order valence-electron chi connectivity index (χ4n) is 2.06. The molecule has 3 rings (SSSR count). The van der Waals surface area contributed by atoms with Gasteiger partial charge in [-0.1, -0.05) is 48.5 Å². The molecule has 0 aliphatic heterocycles. The van der Waals surface area contributed by atoms with Gasteiger partial charge in [0.2, 0.25) is 0 Å². The largest absolute Gasteiger partial charge is 0.507 e. The fourth-order valence-corrected chi connectivity index (χ4v) is 2.06. The van der Waals surface area contributed by atoms with Crippen molar-refractivity contribution in [2.45, 2.75) is 0 Å². The van der Waals surface area contributed by atoms with E-state index in [9.17, 15) is 14.7 Å². The van der Waals surface area contributed by atoms with Crippen molar-refractivity contribution in [3.63, 3.8) is 0 Å². The first kappa shape index (κ1) is 16.0. The summed E-state index contributed by atoms with van der Waals surface area (Å²) in [6.07, 6.45) is 0. The molecular weight excluding hydrogens is 296 g/mol. The maximum absolute atomic E-state index is 10.5. The summed E-state index contributed by atoms with van der Waals surface area (Å²) in [4.78, 5) is 20.9. The average molecular weight is 310 g/mol. The molecule has 0 aliphatic carbocycles. The normalized spacial score (nSPS) is 9.74. The molecule has 0 spiro atoms. The van der Waals surface area contributed by atoms with E-state index >= 15 is 0 Å². The molecule has 5 nitrogen and oxygen atoms in total. The van der Waals surface area contributed by atoms with E-state index in [1.807, 2.05) is 36.4 Å². The van der Waals surface area contributed by atoms with Gasteiger partial charge < -0.3 is 15.3 Å². The topological polar surface area (TPSA) is 94.8 Å². The van der Waals surface area contributed by atoms with Crippen LogP contribution < -0.4 is 0 Å². The highest BCUT2D eigenvalue weighted by Crippen LogP contribution is 2.22. The number of carbonyl (C=O) groups is 2. The predicted octanol–water partition coefficient (Wildman–Crippen LogP) is 3.63. The van der Waals surface area contributed by atoms with Gasteiger partial charge in [0.1, 0.15) is 5.75 Å². The molecule has 0 aromatic heterocycles. The van der Waals surface area contributed by atoms with Gasteiger partial charge in [-0.15, -0.1) is 0 Å². The molecule has 23 heavy (non-hydrogen) atoms. The standard InChI is InChI=1S/C10H8O.C8H6O4/c11-10-7-3-5-8-4-1-2-6-9(8)10;9-7(10)5-3-1-2-4-6(5)8(11)12/h1-7,11H;1-4H,(H,9,10)(H,11,12). The monoisotopic (exact) mass is 310 g/mol. The lowest BCUT2D eigenvalue weighted by atomic mass is 10.1. The van der Waals surface area contributed by atoms with E-state index < -0.39 is 11.9 Å². The Morgan fingerprint density at radius 3 is 1.65 bits per heavy atom. The molecule has 0 radical (unpaired) electrons. The zero-order valence-electron chi connectivity index (χ0n) is 12.0. The number of aromatic hydroxyl groups is 1. The third kappa shape index (κ3) is 3.85. The molecule has 0 atom stereocenters. The molecule has 0 bridgehead atoms. The summed E-state index contributed by atoms with van der Waals surface area (Å²) < 4.78 is 0. The van der Waals surface area contributed by atoms with Crippen LogP contribution in [0.25, 0.3) is 10.8 Å². The van der Waals surface area contributed by atoms with Crippen molar-refractivity contribution in [2.24, 2.45) is 0 Å². The molecule has 0 saturated heterocycles. The molecule has 0 saturated carbocycles. The number of fused-ring (bicyclic) bond motifs is 1. The quantitative estimate of drug-likeness (QED) is 0.672. The Balaban J connectivity index is 0.000000167. The van der Waals surface area contributed by atoms with Crippen LogP contribution in [-0.4, -0.2) is 27.3 Å². The van der Waals surface area contributed by atoms with Crippen molar-refractivity contribution in [3.8, 4) is 5.75 Å². The van der Waals surface area contributed by atoms with Gasteiger partial charge in [0.05, 0.1) is 11.1 Å². The summed E-state index contributed by atoms with van der Waals surface area (Å²) in [6, 6.07) is 18.8. The van der Waals surface area contributed by atoms with E-state index in [0.29, 0.717) is 5.75 Å². The minimum Gasteiger partial charge on any atom is -0.507 e. The number of carboxylic acid groups (broad SMARTS) is 2. The molecule has 116 valence electrons. The van der Waals surface area contributed by atoms with Crippen LogP contribution in [0, 0.1) is 0 Å². The summed E-state index contributed by atoms with van der Waals surface area (Å²) in [5, 5.41) is 28.5. The second-order valence-corrected chi connectivity index (χ2v) is 4.65. The summed E-state index contributed by atoms with van der Waals surface area (Å²) in [5.41, 5.74) is -0.380. The number of rotatable bonds is 2. The highest BCUT2D eigenvalue weighted by atomic mass is 16.4. The van der Waals surface area contributed by atoms with Crippen LogP contribution in [0.4, 0.5) is 0 Å². The van der Waals surface area contributed by atoms with Crippen molar-refractivity contribution < 1.29 is 24.9 Å². The third-order valence-corrected chi connectivity index (χ3v) is 3.15. The Morgan fingerprint density at radius 2 is 1.13 bits per heavy atom. The molecular formula is C18H14O5. The van der Waals surface area contributed by atoms with E-state index in [2.05, 4.69) is 0 Å². The van der Waals surface area contributed by atoms with Gasteiger partial charge in [0.25, 0.3) is 0 Å². The SMILES string of the molecule is O=C(O)c1ccccc1C(=O)O.Oc1cccc2ccccc12. The van der Waals surface area contributed by atoms with Gasteiger partial charge in [0, 0.05) is 5.39 Å². The highest BCUT2D eigenvalue weighted by Gasteiger charge is 2.13. The highest BCUT2D eigenvalue weighted by molar-refractivity contribution is 6.01. The molecule has 3 aromatic rings. The van der Waals surface area contributed by atoms with Crippen LogP contribution in [-0.2, 0) is 0 Å². The van der Waals surface area contributed by atoms with Gasteiger partial charge >= 0.3 is 11.9 Å². The zero-order chi connectivity index (χ0) is 16.8. The van der Waals surface area contributed by atoms with Crippen molar-refractivity contribution in [1.82, 2.24) is 0 Å². The smallest absolute Gasteiger partial charge is 0.336 e. The molecule has 0 heterocycles. The van der Waals surface area contributed by atoms with Crippen molar-refractivity contribution in [1.29, 1.82) is 0 Å². The second kappa shape index (κ2) is 7.09. The number of hydrogen-bond acceptors (Lipinski definition) is 3. The number of benzene rings is 3. The Hall–Kier alpha value is -3.34. The summed E-state index contributed by atoms with van der Waals surface area (Å²) in [6.45, 7) is 0. The van der Waals surface area contributed by atoms with Gasteiger partial charge in [-0.3, -0.25) is 0 Å². The van der Waals surface area contributed by atoms with Crippen LogP contribution in [0.5, 0.6) is 5.75 Å². The maximum Gasteiger partial charge on any atom is 0.336 e. The van der Waals surface area contributed by atoms with Crippen molar-refractivity contribution >= 4 is 22.7 Å². The minimum atomic E-state index is -1.23. The van der Waals surface area contributed by atoms with Gasteiger partial charge in [-0.25, -0.2) is 9.59 Å². The minimum absolute atomic E-state index is 0.190. The molecule has 0 aliphatic rings. The summed E-state index contributed by atoms with van der Waals surface area (Å²) in [7, 11) is 0. The summed E-state index contributed by atoms with van der Waals surface area (Å²) >= 11 is 0. The number of aromatic carboxylic acids is 2. The van der Waals surface area contributed by atoms with Crippen LogP contribution in [0.15, 0.2) is 66.7 Å². The molecule has 0 fully saturated rings. The van der Waals surface area contributed by atoms with Crippen LogP contribution in [0.3, 0.4) is 0 Å². The predicted molar refractivity (Wildman–Crippen MR) is 86.0 cm³/mol. The first-order chi connectivity index (χ1) is 11.0. The van der Waals surface area contributed by atoms with Crippen LogP contribution in [0.1, 0.15) is 20.7 Å². The lowest BCUT2D eigenvalue weighted by Gasteiger charge is -1.98. The number of hydrogen-bond donors (Lipinski definition) is 3. The van der Waals surface area contributed by atoms with E-state index in [0.717, 1.165) is 10.8 Å². The lowest BCUT2D eigenvalue weighted by Crippen LogP contribution is -2.06. The van der Waals surface area contributed by atoms with Crippen molar-refractivity contribution in [2.75, 3.05) is 0 Å². The first-order valence-corrected chi connectivity index (χ1v) is 6.73.